The average molecular weight is 284 g/mol. The molecule has 0 bridgehead atoms. The van der Waals surface area contributed by atoms with Crippen molar-refractivity contribution in [3.8, 4) is 0 Å². The lowest BCUT2D eigenvalue weighted by Gasteiger charge is -2.39. The first-order valence-corrected chi connectivity index (χ1v) is 6.76. The van der Waals surface area contributed by atoms with Gasteiger partial charge in [0.05, 0.1) is 6.04 Å². The fourth-order valence-electron chi connectivity index (χ4n) is 2.08. The second kappa shape index (κ2) is 6.17. The number of urea groups is 1. The smallest absolute Gasteiger partial charge is 0.317 e. The fraction of sp³-hybridized carbons (Fsp3) is 0.286. The number of rotatable bonds is 4. The Balaban J connectivity index is 1.40. The average Bonchev–Trinajstić information content (AvgIpc) is 2.50. The van der Waals surface area contributed by atoms with Crippen LogP contribution in [0.3, 0.4) is 0 Å². The molecule has 0 spiro atoms. The number of pyridine rings is 1. The molecule has 0 aliphatic carbocycles. The summed E-state index contributed by atoms with van der Waals surface area (Å²) in [5, 5.41) is 6.06. The van der Waals surface area contributed by atoms with Crippen LogP contribution in [-0.4, -0.2) is 45.0 Å². The van der Waals surface area contributed by atoms with Crippen molar-refractivity contribution in [3.05, 3.63) is 48.5 Å². The van der Waals surface area contributed by atoms with Crippen molar-refractivity contribution >= 4 is 12.0 Å². The predicted octanol–water partition coefficient (Wildman–Crippen LogP) is 0.877. The van der Waals surface area contributed by atoms with Gasteiger partial charge >= 0.3 is 6.03 Å². The molecular formula is C14H16N6O. The molecule has 0 unspecified atom stereocenters. The van der Waals surface area contributed by atoms with Crippen molar-refractivity contribution in [1.29, 1.82) is 0 Å². The van der Waals surface area contributed by atoms with Gasteiger partial charge in [0, 0.05) is 44.4 Å². The first kappa shape index (κ1) is 13.3. The Morgan fingerprint density at radius 2 is 2.05 bits per heavy atom. The Bertz CT molecular complexity index is 585. The standard InChI is InChI=1S/C14H16N6O/c21-14(18-8-11-3-1-4-15-7-11)20-9-12(10-20)19-13-16-5-2-6-17-13/h1-7,12H,8-10H2,(H,18,21)(H,16,17,19). The van der Waals surface area contributed by atoms with E-state index in [9.17, 15) is 4.79 Å². The first-order valence-electron chi connectivity index (χ1n) is 6.76. The quantitative estimate of drug-likeness (QED) is 0.870. The molecule has 7 nitrogen and oxygen atoms in total. The van der Waals surface area contributed by atoms with E-state index >= 15 is 0 Å². The summed E-state index contributed by atoms with van der Waals surface area (Å²) in [6.07, 6.45) is 6.83. The molecule has 0 atom stereocenters. The third-order valence-corrected chi connectivity index (χ3v) is 3.23. The monoisotopic (exact) mass is 284 g/mol. The van der Waals surface area contributed by atoms with E-state index in [4.69, 9.17) is 0 Å². The highest BCUT2D eigenvalue weighted by atomic mass is 16.2. The molecule has 0 aromatic carbocycles. The molecule has 0 saturated carbocycles. The van der Waals surface area contributed by atoms with Crippen LogP contribution in [0.25, 0.3) is 0 Å². The summed E-state index contributed by atoms with van der Waals surface area (Å²) in [5.41, 5.74) is 0.985. The molecule has 2 amide bonds. The largest absolute Gasteiger partial charge is 0.348 e. The normalized spacial score (nSPS) is 14.4. The van der Waals surface area contributed by atoms with Crippen molar-refractivity contribution in [2.75, 3.05) is 18.4 Å². The van der Waals surface area contributed by atoms with Gasteiger partial charge in [0.2, 0.25) is 5.95 Å². The number of aromatic nitrogens is 3. The summed E-state index contributed by atoms with van der Waals surface area (Å²) in [6.45, 7) is 1.79. The summed E-state index contributed by atoms with van der Waals surface area (Å²) < 4.78 is 0. The van der Waals surface area contributed by atoms with Gasteiger partial charge in [0.15, 0.2) is 0 Å². The number of amides is 2. The maximum atomic E-state index is 11.9. The van der Waals surface area contributed by atoms with Gasteiger partial charge in [-0.1, -0.05) is 6.07 Å². The molecule has 1 saturated heterocycles. The van der Waals surface area contributed by atoms with Crippen LogP contribution in [0.5, 0.6) is 0 Å². The molecule has 21 heavy (non-hydrogen) atoms. The summed E-state index contributed by atoms with van der Waals surface area (Å²) in [6, 6.07) is 5.69. The minimum atomic E-state index is -0.0640. The molecule has 0 radical (unpaired) electrons. The maximum absolute atomic E-state index is 11.9. The van der Waals surface area contributed by atoms with Gasteiger partial charge in [0.25, 0.3) is 0 Å². The van der Waals surface area contributed by atoms with Crippen molar-refractivity contribution in [2.45, 2.75) is 12.6 Å². The van der Waals surface area contributed by atoms with E-state index in [-0.39, 0.29) is 12.1 Å². The summed E-state index contributed by atoms with van der Waals surface area (Å²) in [4.78, 5) is 25.9. The SMILES string of the molecule is O=C(NCc1cccnc1)N1CC(Nc2ncccn2)C1. The highest BCUT2D eigenvalue weighted by Gasteiger charge is 2.30. The number of hydrogen-bond acceptors (Lipinski definition) is 5. The third-order valence-electron chi connectivity index (χ3n) is 3.23. The van der Waals surface area contributed by atoms with E-state index in [1.165, 1.54) is 0 Å². The minimum absolute atomic E-state index is 0.0640. The van der Waals surface area contributed by atoms with E-state index in [1.807, 2.05) is 12.1 Å². The molecule has 1 fully saturated rings. The van der Waals surface area contributed by atoms with Crippen LogP contribution in [-0.2, 0) is 6.54 Å². The lowest BCUT2D eigenvalue weighted by atomic mass is 10.1. The van der Waals surface area contributed by atoms with Crippen molar-refractivity contribution in [3.63, 3.8) is 0 Å². The van der Waals surface area contributed by atoms with Crippen molar-refractivity contribution < 1.29 is 4.79 Å². The van der Waals surface area contributed by atoms with E-state index in [0.29, 0.717) is 25.6 Å². The van der Waals surface area contributed by atoms with Gasteiger partial charge in [-0.25, -0.2) is 14.8 Å². The van der Waals surface area contributed by atoms with Gasteiger partial charge in [-0.2, -0.15) is 0 Å². The molecule has 108 valence electrons. The van der Waals surface area contributed by atoms with Crippen LogP contribution in [0.1, 0.15) is 5.56 Å². The molecular weight excluding hydrogens is 268 g/mol. The van der Waals surface area contributed by atoms with Crippen molar-refractivity contribution in [2.24, 2.45) is 0 Å². The molecule has 2 N–H and O–H groups in total. The van der Waals surface area contributed by atoms with Gasteiger partial charge < -0.3 is 15.5 Å². The Hall–Kier alpha value is -2.70. The molecule has 3 rings (SSSR count). The second-order valence-corrected chi connectivity index (χ2v) is 4.84. The molecule has 3 heterocycles. The maximum Gasteiger partial charge on any atom is 0.317 e. The summed E-state index contributed by atoms with van der Waals surface area (Å²) in [5.74, 6) is 0.595. The zero-order valence-corrected chi connectivity index (χ0v) is 11.4. The number of likely N-dealkylation sites (tertiary alicyclic amines) is 1. The lowest BCUT2D eigenvalue weighted by Crippen LogP contribution is -2.59. The number of anilines is 1. The van der Waals surface area contributed by atoms with E-state index in [0.717, 1.165) is 5.56 Å². The van der Waals surface area contributed by atoms with Gasteiger partial charge in [0.1, 0.15) is 0 Å². The number of nitrogens with zero attached hydrogens (tertiary/aromatic N) is 4. The van der Waals surface area contributed by atoms with Crippen molar-refractivity contribution in [1.82, 2.24) is 25.2 Å². The van der Waals surface area contributed by atoms with Gasteiger partial charge in [-0.15, -0.1) is 0 Å². The Labute approximate surface area is 122 Å². The third kappa shape index (κ3) is 3.44. The Kier molecular flexibility index (Phi) is 3.90. The van der Waals surface area contributed by atoms with Gasteiger partial charge in [-0.3, -0.25) is 4.98 Å². The van der Waals surface area contributed by atoms with Crippen LogP contribution in [0, 0.1) is 0 Å². The van der Waals surface area contributed by atoms with Crippen LogP contribution >= 0.6 is 0 Å². The van der Waals surface area contributed by atoms with Crippen LogP contribution < -0.4 is 10.6 Å². The first-order chi connectivity index (χ1) is 10.3. The molecule has 1 aliphatic rings. The number of nitrogens with one attached hydrogen (secondary N) is 2. The Morgan fingerprint density at radius 3 is 2.76 bits per heavy atom. The number of hydrogen-bond donors (Lipinski definition) is 2. The summed E-state index contributed by atoms with van der Waals surface area (Å²) >= 11 is 0. The van der Waals surface area contributed by atoms with Crippen LogP contribution in [0.4, 0.5) is 10.7 Å². The van der Waals surface area contributed by atoms with E-state index < -0.39 is 0 Å². The summed E-state index contributed by atoms with van der Waals surface area (Å²) in [7, 11) is 0. The Morgan fingerprint density at radius 1 is 1.24 bits per heavy atom. The van der Waals surface area contributed by atoms with E-state index in [1.54, 1.807) is 35.8 Å². The highest BCUT2D eigenvalue weighted by molar-refractivity contribution is 5.75. The highest BCUT2D eigenvalue weighted by Crippen LogP contribution is 2.12. The van der Waals surface area contributed by atoms with Crippen LogP contribution in [0.2, 0.25) is 0 Å². The molecule has 2 aromatic rings. The fourth-order valence-corrected chi connectivity index (χ4v) is 2.08. The molecule has 1 aliphatic heterocycles. The lowest BCUT2D eigenvalue weighted by molar-refractivity contribution is 0.157. The van der Waals surface area contributed by atoms with Gasteiger partial charge in [-0.05, 0) is 17.7 Å². The van der Waals surface area contributed by atoms with E-state index in [2.05, 4.69) is 25.6 Å². The minimum Gasteiger partial charge on any atom is -0.348 e. The zero-order chi connectivity index (χ0) is 14.5. The number of carbonyl (C=O) groups is 1. The number of carbonyl (C=O) groups excluding carboxylic acids is 1. The molecule has 7 heteroatoms. The topological polar surface area (TPSA) is 83.0 Å². The predicted molar refractivity (Wildman–Crippen MR) is 77.5 cm³/mol. The van der Waals surface area contributed by atoms with Crippen LogP contribution in [0.15, 0.2) is 43.0 Å². The zero-order valence-electron chi connectivity index (χ0n) is 11.4. The molecule has 2 aromatic heterocycles. The second-order valence-electron chi connectivity index (χ2n) is 4.84.